The first-order valence-electron chi connectivity index (χ1n) is 7.60. The molecule has 2 unspecified atom stereocenters. The SMILES string of the molecule is Cc1ccc(C(C)(O)CNC(=O)CC(C)c2ccccc2F)o1. The van der Waals surface area contributed by atoms with Crippen molar-refractivity contribution < 1.29 is 18.7 Å². The van der Waals surface area contributed by atoms with Gasteiger partial charge in [-0.2, -0.15) is 0 Å². The van der Waals surface area contributed by atoms with Crippen LogP contribution in [0.4, 0.5) is 4.39 Å². The lowest BCUT2D eigenvalue weighted by Crippen LogP contribution is -2.38. The van der Waals surface area contributed by atoms with Gasteiger partial charge in [0.15, 0.2) is 0 Å². The van der Waals surface area contributed by atoms with E-state index in [0.29, 0.717) is 17.1 Å². The second-order valence-corrected chi connectivity index (χ2v) is 6.09. The molecule has 0 bridgehead atoms. The Morgan fingerprint density at radius 3 is 2.65 bits per heavy atom. The molecule has 1 aromatic heterocycles. The average molecular weight is 319 g/mol. The summed E-state index contributed by atoms with van der Waals surface area (Å²) < 4.78 is 19.1. The van der Waals surface area contributed by atoms with Crippen LogP contribution in [-0.4, -0.2) is 17.6 Å². The summed E-state index contributed by atoms with van der Waals surface area (Å²) in [6, 6.07) is 9.86. The standard InChI is InChI=1S/C18H22FNO3/c1-12(14-6-4-5-7-15(14)19)10-17(21)20-11-18(3,22)16-9-8-13(2)23-16/h4-9,12,22H,10-11H2,1-3H3,(H,20,21). The van der Waals surface area contributed by atoms with E-state index in [1.54, 1.807) is 51.1 Å². The minimum Gasteiger partial charge on any atom is -0.463 e. The lowest BCUT2D eigenvalue weighted by molar-refractivity contribution is -0.122. The number of rotatable bonds is 6. The summed E-state index contributed by atoms with van der Waals surface area (Å²) in [7, 11) is 0. The number of carbonyl (C=O) groups is 1. The first-order valence-corrected chi connectivity index (χ1v) is 7.60. The van der Waals surface area contributed by atoms with Gasteiger partial charge in [-0.3, -0.25) is 4.79 Å². The van der Waals surface area contributed by atoms with E-state index in [4.69, 9.17) is 4.42 Å². The first-order chi connectivity index (χ1) is 10.8. The topological polar surface area (TPSA) is 62.5 Å². The fourth-order valence-electron chi connectivity index (χ4n) is 2.42. The van der Waals surface area contributed by atoms with Crippen LogP contribution in [0.2, 0.25) is 0 Å². The molecule has 0 aliphatic rings. The van der Waals surface area contributed by atoms with E-state index in [0.717, 1.165) is 0 Å². The Kier molecular flexibility index (Phi) is 5.21. The molecule has 0 saturated heterocycles. The Balaban J connectivity index is 1.91. The highest BCUT2D eigenvalue weighted by Crippen LogP contribution is 2.23. The summed E-state index contributed by atoms with van der Waals surface area (Å²) in [5.41, 5.74) is -0.776. The maximum absolute atomic E-state index is 13.7. The Labute approximate surface area is 135 Å². The van der Waals surface area contributed by atoms with E-state index >= 15 is 0 Å². The maximum atomic E-state index is 13.7. The van der Waals surface area contributed by atoms with E-state index < -0.39 is 5.60 Å². The molecule has 5 heteroatoms. The van der Waals surface area contributed by atoms with Crippen molar-refractivity contribution in [2.75, 3.05) is 6.54 Å². The Bertz CT molecular complexity index is 678. The molecule has 2 rings (SSSR count). The van der Waals surface area contributed by atoms with Crippen molar-refractivity contribution in [3.05, 3.63) is 59.3 Å². The number of benzene rings is 1. The van der Waals surface area contributed by atoms with Crippen LogP contribution in [0.25, 0.3) is 0 Å². The zero-order valence-corrected chi connectivity index (χ0v) is 13.6. The first kappa shape index (κ1) is 17.2. The molecule has 1 amide bonds. The predicted octanol–water partition coefficient (Wildman–Crippen LogP) is 3.24. The molecule has 124 valence electrons. The third kappa shape index (κ3) is 4.42. The molecule has 0 aliphatic carbocycles. The van der Waals surface area contributed by atoms with Crippen molar-refractivity contribution in [3.8, 4) is 0 Å². The zero-order chi connectivity index (χ0) is 17.0. The number of hydrogen-bond donors (Lipinski definition) is 2. The Morgan fingerprint density at radius 2 is 2.04 bits per heavy atom. The van der Waals surface area contributed by atoms with E-state index in [9.17, 15) is 14.3 Å². The van der Waals surface area contributed by atoms with Gasteiger partial charge in [0.25, 0.3) is 0 Å². The smallest absolute Gasteiger partial charge is 0.220 e. The largest absolute Gasteiger partial charge is 0.463 e. The zero-order valence-electron chi connectivity index (χ0n) is 13.6. The molecule has 0 spiro atoms. The number of hydrogen-bond acceptors (Lipinski definition) is 3. The van der Waals surface area contributed by atoms with Crippen LogP contribution in [0.5, 0.6) is 0 Å². The number of aryl methyl sites for hydroxylation is 1. The van der Waals surface area contributed by atoms with Gasteiger partial charge in [0.05, 0.1) is 6.54 Å². The highest BCUT2D eigenvalue weighted by Gasteiger charge is 2.27. The van der Waals surface area contributed by atoms with Gasteiger partial charge in [0.1, 0.15) is 22.9 Å². The van der Waals surface area contributed by atoms with Crippen LogP contribution in [0.3, 0.4) is 0 Å². The van der Waals surface area contributed by atoms with Crippen LogP contribution < -0.4 is 5.32 Å². The minimum atomic E-state index is -1.29. The highest BCUT2D eigenvalue weighted by molar-refractivity contribution is 5.76. The Hall–Kier alpha value is -2.14. The molecule has 4 nitrogen and oxygen atoms in total. The van der Waals surface area contributed by atoms with Crippen LogP contribution in [-0.2, 0) is 10.4 Å². The average Bonchev–Trinajstić information content (AvgIpc) is 2.93. The molecule has 2 aromatic rings. The lowest BCUT2D eigenvalue weighted by atomic mass is 9.96. The van der Waals surface area contributed by atoms with E-state index in [1.165, 1.54) is 6.07 Å². The number of halogens is 1. The quantitative estimate of drug-likeness (QED) is 0.859. The van der Waals surface area contributed by atoms with Crippen molar-refractivity contribution >= 4 is 5.91 Å². The fourth-order valence-corrected chi connectivity index (χ4v) is 2.42. The predicted molar refractivity (Wildman–Crippen MR) is 85.5 cm³/mol. The Morgan fingerprint density at radius 1 is 1.35 bits per heavy atom. The molecule has 0 fully saturated rings. The fraction of sp³-hybridized carbons (Fsp3) is 0.389. The van der Waals surface area contributed by atoms with Gasteiger partial charge in [-0.1, -0.05) is 25.1 Å². The van der Waals surface area contributed by atoms with Gasteiger partial charge in [-0.25, -0.2) is 4.39 Å². The number of aliphatic hydroxyl groups is 1. The summed E-state index contributed by atoms with van der Waals surface area (Å²) in [6.45, 7) is 5.19. The molecular weight excluding hydrogens is 297 g/mol. The second kappa shape index (κ2) is 6.96. The molecule has 2 atom stereocenters. The van der Waals surface area contributed by atoms with Gasteiger partial charge in [0, 0.05) is 6.42 Å². The van der Waals surface area contributed by atoms with Crippen molar-refractivity contribution in [2.24, 2.45) is 0 Å². The normalized spacial score (nSPS) is 15.0. The third-order valence-corrected chi connectivity index (χ3v) is 3.83. The summed E-state index contributed by atoms with van der Waals surface area (Å²) in [5.74, 6) is 0.291. The summed E-state index contributed by atoms with van der Waals surface area (Å²) in [6.07, 6.45) is 0.147. The molecule has 0 aliphatic heterocycles. The van der Waals surface area contributed by atoms with Crippen LogP contribution in [0.15, 0.2) is 40.8 Å². The van der Waals surface area contributed by atoms with E-state index in [1.807, 2.05) is 0 Å². The summed E-state index contributed by atoms with van der Waals surface area (Å²) in [4.78, 5) is 12.0. The van der Waals surface area contributed by atoms with Crippen molar-refractivity contribution in [2.45, 2.75) is 38.7 Å². The summed E-state index contributed by atoms with van der Waals surface area (Å²) in [5, 5.41) is 13.1. The van der Waals surface area contributed by atoms with E-state index in [-0.39, 0.29) is 30.6 Å². The molecule has 1 heterocycles. The molecule has 0 saturated carbocycles. The van der Waals surface area contributed by atoms with Gasteiger partial charge >= 0.3 is 0 Å². The number of furan rings is 1. The number of carbonyl (C=O) groups excluding carboxylic acids is 1. The van der Waals surface area contributed by atoms with E-state index in [2.05, 4.69) is 5.32 Å². The molecule has 23 heavy (non-hydrogen) atoms. The van der Waals surface area contributed by atoms with Gasteiger partial charge in [-0.15, -0.1) is 0 Å². The highest BCUT2D eigenvalue weighted by atomic mass is 19.1. The minimum absolute atomic E-state index is 0.0305. The monoisotopic (exact) mass is 319 g/mol. The molecule has 2 N–H and O–H groups in total. The molecule has 0 radical (unpaired) electrons. The molecular formula is C18H22FNO3. The lowest BCUT2D eigenvalue weighted by Gasteiger charge is -2.22. The molecule has 1 aromatic carbocycles. The van der Waals surface area contributed by atoms with Crippen LogP contribution in [0.1, 0.15) is 43.3 Å². The van der Waals surface area contributed by atoms with Gasteiger partial charge in [0.2, 0.25) is 5.91 Å². The summed E-state index contributed by atoms with van der Waals surface area (Å²) >= 11 is 0. The van der Waals surface area contributed by atoms with Gasteiger partial charge in [-0.05, 0) is 43.5 Å². The van der Waals surface area contributed by atoms with Crippen molar-refractivity contribution in [3.63, 3.8) is 0 Å². The van der Waals surface area contributed by atoms with Crippen molar-refractivity contribution in [1.29, 1.82) is 0 Å². The third-order valence-electron chi connectivity index (χ3n) is 3.83. The van der Waals surface area contributed by atoms with Crippen molar-refractivity contribution in [1.82, 2.24) is 5.32 Å². The second-order valence-electron chi connectivity index (χ2n) is 6.09. The van der Waals surface area contributed by atoms with Crippen LogP contribution >= 0.6 is 0 Å². The van der Waals surface area contributed by atoms with Crippen LogP contribution in [0, 0.1) is 12.7 Å². The maximum Gasteiger partial charge on any atom is 0.220 e. The van der Waals surface area contributed by atoms with Gasteiger partial charge < -0.3 is 14.8 Å². The number of amides is 1. The number of nitrogens with one attached hydrogen (secondary N) is 1.